The van der Waals surface area contributed by atoms with Gasteiger partial charge in [0.05, 0.1) is 6.10 Å². The lowest BCUT2D eigenvalue weighted by Crippen LogP contribution is -2.20. The van der Waals surface area contributed by atoms with E-state index in [1.54, 1.807) is 0 Å². The predicted molar refractivity (Wildman–Crippen MR) is 214 cm³/mol. The second kappa shape index (κ2) is 43.0. The Balaban J connectivity index is 4.05. The maximum Gasteiger partial charge on any atom is 0.0568 e. The third kappa shape index (κ3) is 38.7. The molecule has 0 rings (SSSR count). The molecule has 0 aliphatic heterocycles. The minimum Gasteiger partial charge on any atom is -0.396 e. The lowest BCUT2D eigenvalue weighted by Gasteiger charge is -2.23. The zero-order chi connectivity index (χ0) is 34.9. The van der Waals surface area contributed by atoms with Crippen molar-refractivity contribution in [3.8, 4) is 0 Å². The average Bonchev–Trinajstić information content (AvgIpc) is 3.09. The summed E-state index contributed by atoms with van der Waals surface area (Å²) in [5, 5.41) is 29.0. The highest BCUT2D eigenvalue weighted by molar-refractivity contribution is 4.70. The molecular formula is C45H92O3. The number of aliphatic hydroxyl groups excluding tert-OH is 3. The van der Waals surface area contributed by atoms with E-state index in [4.69, 9.17) is 10.2 Å². The van der Waals surface area contributed by atoms with E-state index in [-0.39, 0.29) is 6.10 Å². The van der Waals surface area contributed by atoms with Crippen LogP contribution in [0.25, 0.3) is 0 Å². The number of hydrogen-bond acceptors (Lipinski definition) is 3. The number of unbranched alkanes of at least 4 members (excludes halogenated alkanes) is 34. The molecule has 0 fully saturated rings. The first kappa shape index (κ1) is 47.9. The van der Waals surface area contributed by atoms with Crippen molar-refractivity contribution in [2.24, 2.45) is 5.92 Å². The quantitative estimate of drug-likeness (QED) is 0.0562. The van der Waals surface area contributed by atoms with E-state index in [9.17, 15) is 5.11 Å². The first-order valence-electron chi connectivity index (χ1n) is 22.7. The van der Waals surface area contributed by atoms with Crippen molar-refractivity contribution >= 4 is 0 Å². The second-order valence-electron chi connectivity index (χ2n) is 15.9. The smallest absolute Gasteiger partial charge is 0.0568 e. The zero-order valence-electron chi connectivity index (χ0n) is 33.2. The lowest BCUT2D eigenvalue weighted by molar-refractivity contribution is 0.0829. The van der Waals surface area contributed by atoms with Gasteiger partial charge in [-0.15, -0.1) is 0 Å². The molecule has 0 aromatic rings. The molecule has 2 unspecified atom stereocenters. The largest absolute Gasteiger partial charge is 0.396 e. The normalized spacial score (nSPS) is 13.0. The summed E-state index contributed by atoms with van der Waals surface area (Å²) in [6.45, 7) is 3.01. The summed E-state index contributed by atoms with van der Waals surface area (Å²) >= 11 is 0. The monoisotopic (exact) mass is 681 g/mol. The molecule has 290 valence electrons. The van der Waals surface area contributed by atoms with E-state index in [1.165, 1.54) is 238 Å². The maximum absolute atomic E-state index is 11.2. The zero-order valence-corrected chi connectivity index (χ0v) is 33.2. The van der Waals surface area contributed by atoms with Crippen molar-refractivity contribution in [2.75, 3.05) is 13.2 Å². The maximum atomic E-state index is 11.2. The van der Waals surface area contributed by atoms with E-state index in [2.05, 4.69) is 6.92 Å². The molecule has 3 heteroatoms. The van der Waals surface area contributed by atoms with Crippen molar-refractivity contribution in [1.29, 1.82) is 0 Å². The van der Waals surface area contributed by atoms with Gasteiger partial charge in [-0.3, -0.25) is 0 Å². The Morgan fingerprint density at radius 2 is 0.479 bits per heavy atom. The summed E-state index contributed by atoms with van der Waals surface area (Å²) in [7, 11) is 0. The van der Waals surface area contributed by atoms with E-state index in [0.29, 0.717) is 19.1 Å². The molecular weight excluding hydrogens is 588 g/mol. The van der Waals surface area contributed by atoms with Crippen molar-refractivity contribution in [2.45, 2.75) is 270 Å². The van der Waals surface area contributed by atoms with Gasteiger partial charge in [-0.2, -0.15) is 0 Å². The predicted octanol–water partition coefficient (Wildman–Crippen LogP) is 14.6. The van der Waals surface area contributed by atoms with Crippen LogP contribution in [0.2, 0.25) is 0 Å². The first-order chi connectivity index (χ1) is 23.8. The van der Waals surface area contributed by atoms with Gasteiger partial charge < -0.3 is 15.3 Å². The first-order valence-corrected chi connectivity index (χ1v) is 22.7. The van der Waals surface area contributed by atoms with Crippen molar-refractivity contribution < 1.29 is 15.3 Å². The van der Waals surface area contributed by atoms with Gasteiger partial charge in [-0.1, -0.05) is 232 Å². The van der Waals surface area contributed by atoms with Gasteiger partial charge >= 0.3 is 0 Å². The van der Waals surface area contributed by atoms with Crippen LogP contribution < -0.4 is 0 Å². The average molecular weight is 681 g/mol. The number of hydrogen-bond donors (Lipinski definition) is 3. The summed E-state index contributed by atoms with van der Waals surface area (Å²) in [5.41, 5.74) is 0. The fraction of sp³-hybridized carbons (Fsp3) is 1.00. The molecule has 48 heavy (non-hydrogen) atoms. The molecule has 0 aromatic heterocycles. The number of rotatable bonds is 43. The van der Waals surface area contributed by atoms with Gasteiger partial charge in [0.2, 0.25) is 0 Å². The van der Waals surface area contributed by atoms with Crippen LogP contribution in [-0.4, -0.2) is 34.6 Å². The van der Waals surface area contributed by atoms with E-state index in [1.807, 2.05) is 0 Å². The molecule has 0 aliphatic carbocycles. The van der Waals surface area contributed by atoms with Crippen LogP contribution in [-0.2, 0) is 0 Å². The molecule has 0 amide bonds. The third-order valence-electron chi connectivity index (χ3n) is 11.1. The summed E-state index contributed by atoms with van der Waals surface area (Å²) in [5.74, 6) is 0.530. The van der Waals surface area contributed by atoms with Gasteiger partial charge in [-0.05, 0) is 38.0 Å². The van der Waals surface area contributed by atoms with Crippen molar-refractivity contribution in [3.05, 3.63) is 0 Å². The van der Waals surface area contributed by atoms with E-state index in [0.717, 1.165) is 19.3 Å². The number of aliphatic hydroxyl groups is 3. The molecule has 0 aliphatic rings. The van der Waals surface area contributed by atoms with Crippen molar-refractivity contribution in [1.82, 2.24) is 0 Å². The van der Waals surface area contributed by atoms with Crippen LogP contribution in [0.4, 0.5) is 0 Å². The second-order valence-corrected chi connectivity index (χ2v) is 15.9. The van der Waals surface area contributed by atoms with Gasteiger partial charge in [-0.25, -0.2) is 0 Å². The molecule has 0 radical (unpaired) electrons. The Morgan fingerprint density at radius 1 is 0.271 bits per heavy atom. The Morgan fingerprint density at radius 3 is 0.729 bits per heavy atom. The van der Waals surface area contributed by atoms with Gasteiger partial charge in [0.15, 0.2) is 0 Å². The van der Waals surface area contributed by atoms with Gasteiger partial charge in [0, 0.05) is 13.2 Å². The van der Waals surface area contributed by atoms with E-state index >= 15 is 0 Å². The highest BCUT2D eigenvalue weighted by Crippen LogP contribution is 2.26. The van der Waals surface area contributed by atoms with Crippen molar-refractivity contribution in [3.63, 3.8) is 0 Å². The van der Waals surface area contributed by atoms with Gasteiger partial charge in [0.1, 0.15) is 0 Å². The molecule has 0 aromatic carbocycles. The fourth-order valence-corrected chi connectivity index (χ4v) is 7.71. The molecule has 0 spiro atoms. The van der Waals surface area contributed by atoms with Crippen LogP contribution in [0.15, 0.2) is 0 Å². The van der Waals surface area contributed by atoms with Crippen LogP contribution in [0, 0.1) is 5.92 Å². The standard InChI is InChI=1S/C45H92O3/c1-2-3-4-5-6-7-8-14-19-24-29-34-39-44(40-35-30-25-20-15-11-13-18-23-28-33-38-43-47)45(48)41-36-31-26-21-16-10-9-12-17-22-27-32-37-42-46/h44-48H,2-43H2,1H3. The molecule has 0 saturated carbocycles. The molecule has 0 bridgehead atoms. The van der Waals surface area contributed by atoms with Crippen LogP contribution in [0.5, 0.6) is 0 Å². The topological polar surface area (TPSA) is 60.7 Å². The summed E-state index contributed by atoms with van der Waals surface area (Å²) < 4.78 is 0. The summed E-state index contributed by atoms with van der Waals surface area (Å²) in [6.07, 6.45) is 53.1. The Labute approximate surface area is 303 Å². The molecule has 0 saturated heterocycles. The Hall–Kier alpha value is -0.120. The third-order valence-corrected chi connectivity index (χ3v) is 11.1. The molecule has 2 atom stereocenters. The lowest BCUT2D eigenvalue weighted by atomic mass is 9.87. The Bertz CT molecular complexity index is 552. The minimum absolute atomic E-state index is 0.0764. The summed E-state index contributed by atoms with van der Waals surface area (Å²) in [6, 6.07) is 0. The Kier molecular flexibility index (Phi) is 42.9. The van der Waals surface area contributed by atoms with E-state index < -0.39 is 0 Å². The van der Waals surface area contributed by atoms with Crippen LogP contribution >= 0.6 is 0 Å². The summed E-state index contributed by atoms with van der Waals surface area (Å²) in [4.78, 5) is 0. The highest BCUT2D eigenvalue weighted by atomic mass is 16.3. The molecule has 3 nitrogen and oxygen atoms in total. The van der Waals surface area contributed by atoms with Gasteiger partial charge in [0.25, 0.3) is 0 Å². The van der Waals surface area contributed by atoms with Crippen LogP contribution in [0.3, 0.4) is 0 Å². The van der Waals surface area contributed by atoms with Crippen LogP contribution in [0.1, 0.15) is 264 Å². The SMILES string of the molecule is CCCCCCCCCCCCCCC(CCCCCCCCCCCCCCO)C(O)CCCCCCCCCCCCCCCO. The fourth-order valence-electron chi connectivity index (χ4n) is 7.71. The molecule has 0 heterocycles. The minimum atomic E-state index is -0.0764. The molecule has 3 N–H and O–H groups in total. The highest BCUT2D eigenvalue weighted by Gasteiger charge is 2.18.